The maximum atomic E-state index is 11.9. The van der Waals surface area contributed by atoms with Gasteiger partial charge in [0.2, 0.25) is 5.91 Å². The van der Waals surface area contributed by atoms with Gasteiger partial charge in [0.1, 0.15) is 0 Å². The van der Waals surface area contributed by atoms with Crippen molar-refractivity contribution < 1.29 is 9.53 Å². The second-order valence-electron chi connectivity index (χ2n) is 8.98. The predicted molar refractivity (Wildman–Crippen MR) is 140 cm³/mol. The van der Waals surface area contributed by atoms with Crippen LogP contribution >= 0.6 is 24.0 Å². The van der Waals surface area contributed by atoms with Crippen LogP contribution in [0, 0.1) is 0 Å². The molecule has 1 amide bonds. The number of carbonyl (C=O) groups excluding carboxylic acids is 1. The van der Waals surface area contributed by atoms with E-state index in [1.807, 2.05) is 24.1 Å². The summed E-state index contributed by atoms with van der Waals surface area (Å²) in [5.41, 5.74) is 2.39. The molecule has 3 fully saturated rings. The van der Waals surface area contributed by atoms with E-state index in [9.17, 15) is 4.79 Å². The standard InChI is InChI=1S/C24H37N5O2.HI/c1-25-23(26-18-20-7-9-21(10-8-20)29-13-5-6-22(29)30)27-19-24(11-3-2-4-12-24)28-14-16-31-17-15-28;/h7-10H,2-6,11-19H2,1H3,(H2,25,26,27);1H. The maximum Gasteiger partial charge on any atom is 0.227 e. The number of ether oxygens (including phenoxy) is 1. The van der Waals surface area contributed by atoms with Gasteiger partial charge in [0.05, 0.1) is 13.2 Å². The van der Waals surface area contributed by atoms with Gasteiger partial charge in [-0.15, -0.1) is 24.0 Å². The fourth-order valence-electron chi connectivity index (χ4n) is 5.22. The molecule has 7 nitrogen and oxygen atoms in total. The first-order valence-electron chi connectivity index (χ1n) is 11.9. The van der Waals surface area contributed by atoms with Gasteiger partial charge in [-0.25, -0.2) is 0 Å². The number of rotatable bonds is 6. The Balaban J connectivity index is 0.00000289. The van der Waals surface area contributed by atoms with Crippen molar-refractivity contribution in [1.82, 2.24) is 15.5 Å². The van der Waals surface area contributed by atoms with Crippen molar-refractivity contribution in [3.05, 3.63) is 29.8 Å². The molecule has 3 aliphatic rings. The van der Waals surface area contributed by atoms with Gasteiger partial charge in [-0.05, 0) is 37.0 Å². The fraction of sp³-hybridized carbons (Fsp3) is 0.667. The number of carbonyl (C=O) groups is 1. The average molecular weight is 556 g/mol. The highest BCUT2D eigenvalue weighted by Gasteiger charge is 2.38. The zero-order valence-electron chi connectivity index (χ0n) is 19.3. The molecule has 1 aromatic carbocycles. The number of benzene rings is 1. The van der Waals surface area contributed by atoms with Crippen molar-refractivity contribution in [1.29, 1.82) is 0 Å². The van der Waals surface area contributed by atoms with Crippen LogP contribution in [-0.4, -0.2) is 68.7 Å². The van der Waals surface area contributed by atoms with E-state index in [4.69, 9.17) is 4.74 Å². The van der Waals surface area contributed by atoms with Gasteiger partial charge in [-0.2, -0.15) is 0 Å². The molecule has 8 heteroatoms. The van der Waals surface area contributed by atoms with Crippen LogP contribution in [0.5, 0.6) is 0 Å². The molecule has 2 N–H and O–H groups in total. The van der Waals surface area contributed by atoms with Gasteiger partial charge in [-0.1, -0.05) is 31.4 Å². The smallest absolute Gasteiger partial charge is 0.227 e. The molecule has 0 radical (unpaired) electrons. The van der Waals surface area contributed by atoms with Crippen molar-refractivity contribution in [3.8, 4) is 0 Å². The fourth-order valence-corrected chi connectivity index (χ4v) is 5.22. The van der Waals surface area contributed by atoms with Crippen LogP contribution in [0.25, 0.3) is 0 Å². The van der Waals surface area contributed by atoms with Crippen molar-refractivity contribution >= 4 is 41.5 Å². The van der Waals surface area contributed by atoms with Crippen molar-refractivity contribution in [3.63, 3.8) is 0 Å². The summed E-state index contributed by atoms with van der Waals surface area (Å²) in [6, 6.07) is 8.28. The number of morpholine rings is 1. The molecule has 4 rings (SSSR count). The molecule has 0 spiro atoms. The Morgan fingerprint density at radius 3 is 2.38 bits per heavy atom. The van der Waals surface area contributed by atoms with E-state index in [0.717, 1.165) is 57.5 Å². The van der Waals surface area contributed by atoms with E-state index in [1.165, 1.54) is 37.7 Å². The van der Waals surface area contributed by atoms with E-state index in [1.54, 1.807) is 0 Å². The summed E-state index contributed by atoms with van der Waals surface area (Å²) < 4.78 is 5.60. The summed E-state index contributed by atoms with van der Waals surface area (Å²) in [4.78, 5) is 20.9. The molecule has 178 valence electrons. The first-order valence-corrected chi connectivity index (χ1v) is 11.9. The Labute approximate surface area is 209 Å². The van der Waals surface area contributed by atoms with Gasteiger partial charge < -0.3 is 20.3 Å². The van der Waals surface area contributed by atoms with Crippen molar-refractivity contribution in [2.45, 2.75) is 57.0 Å². The number of hydrogen-bond acceptors (Lipinski definition) is 4. The molecule has 0 atom stereocenters. The van der Waals surface area contributed by atoms with Crippen LogP contribution in [0.2, 0.25) is 0 Å². The van der Waals surface area contributed by atoms with Crippen LogP contribution in [0.15, 0.2) is 29.3 Å². The summed E-state index contributed by atoms with van der Waals surface area (Å²) in [6.45, 7) is 6.19. The van der Waals surface area contributed by atoms with Crippen molar-refractivity contribution in [2.75, 3.05) is 51.3 Å². The van der Waals surface area contributed by atoms with Crippen LogP contribution < -0.4 is 15.5 Å². The monoisotopic (exact) mass is 555 g/mol. The maximum absolute atomic E-state index is 11.9. The third-order valence-corrected chi connectivity index (χ3v) is 7.06. The van der Waals surface area contributed by atoms with Gasteiger partial charge in [0, 0.05) is 57.4 Å². The van der Waals surface area contributed by atoms with Gasteiger partial charge in [0.15, 0.2) is 5.96 Å². The molecule has 0 aromatic heterocycles. The molecule has 1 aromatic rings. The first kappa shape index (κ1) is 25.2. The largest absolute Gasteiger partial charge is 0.379 e. The number of halogens is 1. The number of nitrogens with zero attached hydrogens (tertiary/aromatic N) is 3. The van der Waals surface area contributed by atoms with Crippen LogP contribution in [0.1, 0.15) is 50.5 Å². The highest BCUT2D eigenvalue weighted by molar-refractivity contribution is 14.0. The Morgan fingerprint density at radius 2 is 1.75 bits per heavy atom. The molecular formula is C24H38IN5O2. The number of guanidine groups is 1. The lowest BCUT2D eigenvalue weighted by atomic mass is 9.80. The quantitative estimate of drug-likeness (QED) is 0.321. The van der Waals surface area contributed by atoms with E-state index in [2.05, 4.69) is 32.7 Å². The predicted octanol–water partition coefficient (Wildman–Crippen LogP) is 3.13. The molecule has 2 saturated heterocycles. The molecule has 2 heterocycles. The number of amides is 1. The Morgan fingerprint density at radius 1 is 1.03 bits per heavy atom. The highest BCUT2D eigenvalue weighted by atomic mass is 127. The second-order valence-corrected chi connectivity index (χ2v) is 8.98. The second kappa shape index (κ2) is 12.2. The van der Waals surface area contributed by atoms with E-state index >= 15 is 0 Å². The summed E-state index contributed by atoms with van der Waals surface area (Å²) in [5, 5.41) is 7.07. The summed E-state index contributed by atoms with van der Waals surface area (Å²) in [6.07, 6.45) is 8.06. The third kappa shape index (κ3) is 6.14. The summed E-state index contributed by atoms with van der Waals surface area (Å²) in [7, 11) is 1.83. The third-order valence-electron chi connectivity index (χ3n) is 7.06. The summed E-state index contributed by atoms with van der Waals surface area (Å²) >= 11 is 0. The molecule has 2 aliphatic heterocycles. The molecule has 1 aliphatic carbocycles. The summed E-state index contributed by atoms with van der Waals surface area (Å²) in [5.74, 6) is 1.07. The minimum atomic E-state index is 0. The Bertz CT molecular complexity index is 758. The first-order chi connectivity index (χ1) is 15.2. The van der Waals surface area contributed by atoms with Gasteiger partial charge in [0.25, 0.3) is 0 Å². The number of anilines is 1. The Kier molecular flexibility index (Phi) is 9.61. The lowest BCUT2D eigenvalue weighted by Gasteiger charge is -2.48. The van der Waals surface area contributed by atoms with Gasteiger partial charge >= 0.3 is 0 Å². The molecule has 32 heavy (non-hydrogen) atoms. The molecular weight excluding hydrogens is 517 g/mol. The normalized spacial score (nSPS) is 21.8. The average Bonchev–Trinajstić information content (AvgIpc) is 3.26. The SMILES string of the molecule is CN=C(NCc1ccc(N2CCCC2=O)cc1)NCC1(N2CCOCC2)CCCCC1.I. The minimum Gasteiger partial charge on any atom is -0.379 e. The van der Waals surface area contributed by atoms with Gasteiger partial charge in [-0.3, -0.25) is 14.7 Å². The highest BCUT2D eigenvalue weighted by Crippen LogP contribution is 2.33. The van der Waals surface area contributed by atoms with Crippen LogP contribution in [0.3, 0.4) is 0 Å². The number of nitrogens with one attached hydrogen (secondary N) is 2. The minimum absolute atomic E-state index is 0. The molecule has 0 unspecified atom stereocenters. The van der Waals surface area contributed by atoms with Crippen LogP contribution in [0.4, 0.5) is 5.69 Å². The van der Waals surface area contributed by atoms with Crippen molar-refractivity contribution in [2.24, 2.45) is 4.99 Å². The molecule has 1 saturated carbocycles. The zero-order valence-corrected chi connectivity index (χ0v) is 21.6. The van der Waals surface area contributed by atoms with E-state index in [0.29, 0.717) is 13.0 Å². The zero-order chi connectivity index (χ0) is 21.5. The van der Waals surface area contributed by atoms with E-state index in [-0.39, 0.29) is 35.4 Å². The Hall–Kier alpha value is -1.39. The topological polar surface area (TPSA) is 69.2 Å². The molecule has 0 bridgehead atoms. The lowest BCUT2D eigenvalue weighted by Crippen LogP contribution is -2.60. The number of hydrogen-bond donors (Lipinski definition) is 2. The lowest BCUT2D eigenvalue weighted by molar-refractivity contribution is -0.117. The number of aliphatic imine (C=N–C) groups is 1. The van der Waals surface area contributed by atoms with Crippen LogP contribution in [-0.2, 0) is 16.1 Å². The van der Waals surface area contributed by atoms with E-state index < -0.39 is 0 Å².